The van der Waals surface area contributed by atoms with Crippen LogP contribution in [0.25, 0.3) is 10.2 Å². The van der Waals surface area contributed by atoms with Gasteiger partial charge < -0.3 is 5.73 Å². The van der Waals surface area contributed by atoms with Gasteiger partial charge in [0, 0.05) is 0 Å². The second-order valence-electron chi connectivity index (χ2n) is 5.24. The molecule has 3 rings (SSSR count). The van der Waals surface area contributed by atoms with Crippen LogP contribution in [-0.2, 0) is 10.1 Å². The molecule has 0 unspecified atom stereocenters. The van der Waals surface area contributed by atoms with Gasteiger partial charge in [0.25, 0.3) is 10.1 Å². The zero-order chi connectivity index (χ0) is 17.9. The first-order valence-electron chi connectivity index (χ1n) is 7.02. The maximum atomic E-state index is 12.8. The molecule has 0 fully saturated rings. The molecule has 128 valence electrons. The molecule has 3 aromatic rings. The van der Waals surface area contributed by atoms with Crippen LogP contribution in [0.15, 0.2) is 47.4 Å². The van der Waals surface area contributed by atoms with E-state index >= 15 is 0 Å². The number of halogens is 1. The Morgan fingerprint density at radius 2 is 1.83 bits per heavy atom. The van der Waals surface area contributed by atoms with Crippen molar-refractivity contribution in [3.8, 4) is 0 Å². The average Bonchev–Trinajstić information content (AvgIpc) is 2.90. The highest BCUT2D eigenvalue weighted by Crippen LogP contribution is 2.25. The number of nitrogens with zero attached hydrogens (tertiary/aromatic N) is 1. The molecule has 0 saturated heterocycles. The minimum absolute atomic E-state index is 0.0666. The van der Waals surface area contributed by atoms with Crippen LogP contribution < -0.4 is 5.73 Å². The monoisotopic (exact) mass is 368 g/mol. The minimum atomic E-state index is -4.02. The van der Waals surface area contributed by atoms with E-state index in [4.69, 9.17) is 10.3 Å². The van der Waals surface area contributed by atoms with E-state index in [0.29, 0.717) is 0 Å². The fourth-order valence-electron chi connectivity index (χ4n) is 1.82. The van der Waals surface area contributed by atoms with Gasteiger partial charge in [-0.3, -0.25) is 4.55 Å². The summed E-state index contributed by atoms with van der Waals surface area (Å²) in [5.74, 6) is -0.229. The van der Waals surface area contributed by atoms with Gasteiger partial charge in [-0.15, -0.1) is 11.3 Å². The molecule has 3 N–H and O–H groups in total. The highest BCUT2D eigenvalue weighted by atomic mass is 32.2. The molecule has 0 saturated carbocycles. The minimum Gasteiger partial charge on any atom is -0.322 e. The lowest BCUT2D eigenvalue weighted by molar-refractivity contribution is 0.483. The molecule has 1 heterocycles. The molecule has 0 radical (unpaired) electrons. The normalized spacial score (nSPS) is 12.5. The summed E-state index contributed by atoms with van der Waals surface area (Å²) in [5.41, 5.74) is 7.44. The zero-order valence-corrected chi connectivity index (χ0v) is 14.7. The number of benzene rings is 2. The van der Waals surface area contributed by atoms with Crippen molar-refractivity contribution in [2.75, 3.05) is 0 Å². The van der Waals surface area contributed by atoms with Crippen molar-refractivity contribution in [2.24, 2.45) is 5.73 Å². The standard InChI is InChI=1S/C9H9FN2S.C7H8O3S/c1-5(11)9-12-7-3-2-6(10)4-8(7)13-9;1-6-2-4-7(5-3-6)11(8,9)10/h2-5H,11H2,1H3;2-5H,1H3,(H,8,9,10)/t5-;/m1./s1. The van der Waals surface area contributed by atoms with Crippen LogP contribution in [0.4, 0.5) is 4.39 Å². The van der Waals surface area contributed by atoms with Crippen molar-refractivity contribution in [3.05, 3.63) is 58.9 Å². The van der Waals surface area contributed by atoms with Gasteiger partial charge in [0.1, 0.15) is 10.8 Å². The Morgan fingerprint density at radius 3 is 2.38 bits per heavy atom. The summed E-state index contributed by atoms with van der Waals surface area (Å²) in [6, 6.07) is 10.5. The van der Waals surface area contributed by atoms with E-state index in [1.54, 1.807) is 18.2 Å². The highest BCUT2D eigenvalue weighted by Gasteiger charge is 2.08. The van der Waals surface area contributed by atoms with Gasteiger partial charge >= 0.3 is 0 Å². The highest BCUT2D eigenvalue weighted by molar-refractivity contribution is 7.85. The summed E-state index contributed by atoms with van der Waals surface area (Å²) in [5, 5.41) is 0.848. The van der Waals surface area contributed by atoms with Crippen LogP contribution in [0.2, 0.25) is 0 Å². The molecule has 1 atom stereocenters. The number of aromatic nitrogens is 1. The van der Waals surface area contributed by atoms with Crippen LogP contribution >= 0.6 is 11.3 Å². The molecule has 0 spiro atoms. The Morgan fingerprint density at radius 1 is 1.21 bits per heavy atom. The molecule has 0 aliphatic carbocycles. The molecule has 2 aromatic carbocycles. The van der Waals surface area contributed by atoms with E-state index in [1.165, 1.54) is 35.6 Å². The fraction of sp³-hybridized carbons (Fsp3) is 0.188. The van der Waals surface area contributed by atoms with E-state index < -0.39 is 10.1 Å². The Hall–Kier alpha value is -1.87. The van der Waals surface area contributed by atoms with E-state index in [-0.39, 0.29) is 16.8 Å². The molecule has 0 aliphatic rings. The average molecular weight is 368 g/mol. The molecule has 8 heteroatoms. The maximum Gasteiger partial charge on any atom is 0.294 e. The van der Waals surface area contributed by atoms with Gasteiger partial charge in [-0.2, -0.15) is 8.42 Å². The maximum absolute atomic E-state index is 12.8. The van der Waals surface area contributed by atoms with Gasteiger partial charge in [-0.25, -0.2) is 9.37 Å². The SMILES string of the molecule is C[C@@H](N)c1nc2ccc(F)cc2s1.Cc1ccc(S(=O)(=O)O)cc1. The van der Waals surface area contributed by atoms with Crippen LogP contribution in [0.1, 0.15) is 23.5 Å². The molecule has 1 aromatic heterocycles. The van der Waals surface area contributed by atoms with Crippen molar-refractivity contribution in [1.82, 2.24) is 4.98 Å². The molecule has 24 heavy (non-hydrogen) atoms. The number of hydrogen-bond acceptors (Lipinski definition) is 5. The lowest BCUT2D eigenvalue weighted by Gasteiger charge is -1.95. The second kappa shape index (κ2) is 7.35. The molecule has 5 nitrogen and oxygen atoms in total. The van der Waals surface area contributed by atoms with E-state index in [1.807, 2.05) is 13.8 Å². The third kappa shape index (κ3) is 4.81. The van der Waals surface area contributed by atoms with E-state index in [2.05, 4.69) is 4.98 Å². The molecular weight excluding hydrogens is 351 g/mol. The number of fused-ring (bicyclic) bond motifs is 1. The third-order valence-corrected chi connectivity index (χ3v) is 5.16. The largest absolute Gasteiger partial charge is 0.322 e. The summed E-state index contributed by atoms with van der Waals surface area (Å²) in [4.78, 5) is 4.21. The topological polar surface area (TPSA) is 93.3 Å². The van der Waals surface area contributed by atoms with Gasteiger partial charge in [-0.05, 0) is 44.2 Å². The first kappa shape index (κ1) is 18.5. The molecule has 0 amide bonds. The number of nitrogens with two attached hydrogens (primary N) is 1. The summed E-state index contributed by atoms with van der Waals surface area (Å²) < 4.78 is 43.2. The fourth-order valence-corrected chi connectivity index (χ4v) is 3.25. The van der Waals surface area contributed by atoms with Crippen molar-refractivity contribution in [1.29, 1.82) is 0 Å². The number of rotatable bonds is 2. The third-order valence-electron chi connectivity index (χ3n) is 3.08. The molecule has 0 bridgehead atoms. The molecule has 0 aliphatic heterocycles. The second-order valence-corrected chi connectivity index (χ2v) is 7.72. The number of thiazole rings is 1. The van der Waals surface area contributed by atoms with E-state index in [9.17, 15) is 12.8 Å². The van der Waals surface area contributed by atoms with Crippen molar-refractivity contribution in [2.45, 2.75) is 24.8 Å². The number of hydrogen-bond donors (Lipinski definition) is 2. The summed E-state index contributed by atoms with van der Waals surface area (Å²) in [6.45, 7) is 3.71. The van der Waals surface area contributed by atoms with Crippen LogP contribution in [0.3, 0.4) is 0 Å². The predicted octanol–water partition coefficient (Wildman–Crippen LogP) is 3.70. The van der Waals surface area contributed by atoms with Crippen LogP contribution in [-0.4, -0.2) is 18.0 Å². The Labute approximate surface area is 143 Å². The summed E-state index contributed by atoms with van der Waals surface area (Å²) in [7, 11) is -4.02. The van der Waals surface area contributed by atoms with Gasteiger partial charge in [0.15, 0.2) is 0 Å². The van der Waals surface area contributed by atoms with Crippen molar-refractivity contribution >= 4 is 31.7 Å². The van der Waals surface area contributed by atoms with Gasteiger partial charge in [0.2, 0.25) is 0 Å². The lowest BCUT2D eigenvalue weighted by Crippen LogP contribution is -2.03. The number of aryl methyl sites for hydroxylation is 1. The smallest absolute Gasteiger partial charge is 0.294 e. The molecular formula is C16H17FN2O3S2. The Balaban J connectivity index is 0.000000177. The predicted molar refractivity (Wildman–Crippen MR) is 93.2 cm³/mol. The van der Waals surface area contributed by atoms with Crippen molar-refractivity contribution in [3.63, 3.8) is 0 Å². The summed E-state index contributed by atoms with van der Waals surface area (Å²) >= 11 is 1.44. The van der Waals surface area contributed by atoms with Crippen LogP contribution in [0.5, 0.6) is 0 Å². The van der Waals surface area contributed by atoms with Crippen molar-refractivity contribution < 1.29 is 17.4 Å². The van der Waals surface area contributed by atoms with Crippen LogP contribution in [0, 0.1) is 12.7 Å². The Kier molecular flexibility index (Phi) is 5.66. The zero-order valence-electron chi connectivity index (χ0n) is 13.1. The van der Waals surface area contributed by atoms with E-state index in [0.717, 1.165) is 20.8 Å². The first-order valence-corrected chi connectivity index (χ1v) is 9.28. The Bertz CT molecular complexity index is 936. The van der Waals surface area contributed by atoms with Gasteiger partial charge in [0.05, 0.1) is 21.2 Å². The lowest BCUT2D eigenvalue weighted by atomic mass is 10.2. The summed E-state index contributed by atoms with van der Waals surface area (Å²) in [6.07, 6.45) is 0. The van der Waals surface area contributed by atoms with Gasteiger partial charge in [-0.1, -0.05) is 17.7 Å². The first-order chi connectivity index (χ1) is 11.2. The quantitative estimate of drug-likeness (QED) is 0.673.